The minimum Gasteiger partial charge on any atom is -0.479 e. The largest absolute Gasteiger partial charge is 0.479 e. The van der Waals surface area contributed by atoms with E-state index in [1.165, 1.54) is 6.07 Å². The summed E-state index contributed by atoms with van der Waals surface area (Å²) in [6.45, 7) is 5.53. The first-order chi connectivity index (χ1) is 12.4. The first kappa shape index (κ1) is 17.7. The molecule has 0 unspecified atom stereocenters. The summed E-state index contributed by atoms with van der Waals surface area (Å²) in [5.41, 5.74) is 2.72. The maximum absolute atomic E-state index is 12.2. The summed E-state index contributed by atoms with van der Waals surface area (Å²) in [6.07, 6.45) is -0.757. The smallest absolute Gasteiger partial charge is 0.347 e. The molecule has 0 bridgehead atoms. The van der Waals surface area contributed by atoms with Crippen LogP contribution in [-0.2, 0) is 16.1 Å². The van der Waals surface area contributed by atoms with E-state index in [1.807, 2.05) is 44.2 Å². The Balaban J connectivity index is 1.75. The zero-order chi connectivity index (χ0) is 18.7. The molecule has 3 aromatic rings. The number of para-hydroxylation sites is 1. The van der Waals surface area contributed by atoms with Crippen LogP contribution in [0.5, 0.6) is 5.75 Å². The minimum atomic E-state index is -0.757. The van der Waals surface area contributed by atoms with Crippen molar-refractivity contribution in [1.82, 2.24) is 0 Å². The molecule has 0 aliphatic rings. The highest BCUT2D eigenvalue weighted by Crippen LogP contribution is 2.22. The number of carbonyl (C=O) groups excluding carboxylic acids is 1. The summed E-state index contributed by atoms with van der Waals surface area (Å²) in [5.74, 6) is 0.0907. The molecule has 0 saturated heterocycles. The van der Waals surface area contributed by atoms with Gasteiger partial charge in [0.1, 0.15) is 17.9 Å². The molecule has 26 heavy (non-hydrogen) atoms. The highest BCUT2D eigenvalue weighted by atomic mass is 16.6. The van der Waals surface area contributed by atoms with Gasteiger partial charge in [-0.3, -0.25) is 0 Å². The Kier molecular flexibility index (Phi) is 5.07. The molecule has 0 fully saturated rings. The topological polar surface area (TPSA) is 65.7 Å². The molecule has 0 amide bonds. The standard InChI is InChI=1S/C21H20O5/c1-13-9-18-16(11-20(22)26-19(18)10-14(13)2)12-24-21(23)15(3)25-17-7-5-4-6-8-17/h4-11,15H,12H2,1-3H3/t15-/m0/s1. The molecule has 0 saturated carbocycles. The second-order valence-electron chi connectivity index (χ2n) is 6.20. The molecule has 3 rings (SSSR count). The number of esters is 1. The Bertz CT molecular complexity index is 988. The van der Waals surface area contributed by atoms with Gasteiger partial charge in [0.2, 0.25) is 0 Å². The fourth-order valence-corrected chi connectivity index (χ4v) is 2.62. The Morgan fingerprint density at radius 1 is 1.08 bits per heavy atom. The third-order valence-electron chi connectivity index (χ3n) is 4.20. The van der Waals surface area contributed by atoms with Crippen LogP contribution in [0.1, 0.15) is 23.6 Å². The molecular formula is C21H20O5. The zero-order valence-electron chi connectivity index (χ0n) is 14.9. The molecule has 0 aliphatic heterocycles. The predicted octanol–water partition coefficient (Wildman–Crippen LogP) is 3.92. The fourth-order valence-electron chi connectivity index (χ4n) is 2.62. The van der Waals surface area contributed by atoms with E-state index in [9.17, 15) is 9.59 Å². The monoisotopic (exact) mass is 352 g/mol. The van der Waals surface area contributed by atoms with Gasteiger partial charge in [0, 0.05) is 17.0 Å². The van der Waals surface area contributed by atoms with E-state index in [2.05, 4.69) is 0 Å². The lowest BCUT2D eigenvalue weighted by Crippen LogP contribution is -2.26. The summed E-state index contributed by atoms with van der Waals surface area (Å²) >= 11 is 0. The Morgan fingerprint density at radius 3 is 2.50 bits per heavy atom. The molecule has 1 atom stereocenters. The van der Waals surface area contributed by atoms with Crippen molar-refractivity contribution in [2.75, 3.05) is 0 Å². The molecular weight excluding hydrogens is 332 g/mol. The van der Waals surface area contributed by atoms with E-state index in [1.54, 1.807) is 19.1 Å². The van der Waals surface area contributed by atoms with Crippen LogP contribution < -0.4 is 10.4 Å². The van der Waals surface area contributed by atoms with Crippen LogP contribution in [0.3, 0.4) is 0 Å². The van der Waals surface area contributed by atoms with Gasteiger partial charge < -0.3 is 13.9 Å². The highest BCUT2D eigenvalue weighted by Gasteiger charge is 2.17. The van der Waals surface area contributed by atoms with Gasteiger partial charge in [-0.25, -0.2) is 9.59 Å². The number of carbonyl (C=O) groups is 1. The Labute approximate surface area is 151 Å². The normalized spacial score (nSPS) is 12.0. The van der Waals surface area contributed by atoms with Crippen molar-refractivity contribution in [1.29, 1.82) is 0 Å². The summed E-state index contributed by atoms with van der Waals surface area (Å²) in [6, 6.07) is 14.2. The van der Waals surface area contributed by atoms with Crippen molar-refractivity contribution in [3.05, 3.63) is 75.6 Å². The van der Waals surface area contributed by atoms with Gasteiger partial charge in [-0.15, -0.1) is 0 Å². The lowest BCUT2D eigenvalue weighted by molar-refractivity contribution is -0.152. The Hall–Kier alpha value is -3.08. The number of hydrogen-bond donors (Lipinski definition) is 0. The molecule has 0 spiro atoms. The van der Waals surface area contributed by atoms with Crippen molar-refractivity contribution in [2.24, 2.45) is 0 Å². The minimum absolute atomic E-state index is 0.0219. The van der Waals surface area contributed by atoms with Crippen LogP contribution >= 0.6 is 0 Å². The van der Waals surface area contributed by atoms with E-state index >= 15 is 0 Å². The molecule has 0 radical (unpaired) electrons. The van der Waals surface area contributed by atoms with Crippen molar-refractivity contribution in [3.8, 4) is 5.75 Å². The number of hydrogen-bond acceptors (Lipinski definition) is 5. The third kappa shape index (κ3) is 3.94. The van der Waals surface area contributed by atoms with Crippen LogP contribution in [0.15, 0.2) is 57.7 Å². The lowest BCUT2D eigenvalue weighted by atomic mass is 10.0. The molecule has 134 valence electrons. The maximum Gasteiger partial charge on any atom is 0.347 e. The van der Waals surface area contributed by atoms with Crippen LogP contribution in [-0.4, -0.2) is 12.1 Å². The van der Waals surface area contributed by atoms with E-state index in [0.29, 0.717) is 16.9 Å². The maximum atomic E-state index is 12.2. The van der Waals surface area contributed by atoms with Crippen LogP contribution in [0.2, 0.25) is 0 Å². The lowest BCUT2D eigenvalue weighted by Gasteiger charge is -2.14. The van der Waals surface area contributed by atoms with Gasteiger partial charge in [0.05, 0.1) is 0 Å². The molecule has 0 N–H and O–H groups in total. The van der Waals surface area contributed by atoms with Gasteiger partial charge >= 0.3 is 11.6 Å². The summed E-state index contributed by atoms with van der Waals surface area (Å²) in [4.78, 5) is 24.0. The average molecular weight is 352 g/mol. The van der Waals surface area contributed by atoms with Crippen molar-refractivity contribution in [3.63, 3.8) is 0 Å². The number of ether oxygens (including phenoxy) is 2. The molecule has 1 heterocycles. The van der Waals surface area contributed by atoms with Crippen molar-refractivity contribution in [2.45, 2.75) is 33.5 Å². The molecule has 1 aromatic heterocycles. The highest BCUT2D eigenvalue weighted by molar-refractivity contribution is 5.82. The van der Waals surface area contributed by atoms with Crippen molar-refractivity contribution >= 4 is 16.9 Å². The number of aryl methyl sites for hydroxylation is 2. The van der Waals surface area contributed by atoms with E-state index < -0.39 is 17.7 Å². The van der Waals surface area contributed by atoms with E-state index in [4.69, 9.17) is 13.9 Å². The first-order valence-electron chi connectivity index (χ1n) is 8.36. The SMILES string of the molecule is Cc1cc2oc(=O)cc(COC(=O)[C@H](C)Oc3ccccc3)c2cc1C. The molecule has 5 heteroatoms. The van der Waals surface area contributed by atoms with Crippen LogP contribution in [0.25, 0.3) is 11.0 Å². The average Bonchev–Trinajstić information content (AvgIpc) is 2.61. The van der Waals surface area contributed by atoms with Gasteiger partial charge in [-0.2, -0.15) is 0 Å². The quantitative estimate of drug-likeness (QED) is 0.514. The number of benzene rings is 2. The number of rotatable bonds is 5. The molecule has 0 aliphatic carbocycles. The van der Waals surface area contributed by atoms with E-state index in [0.717, 1.165) is 16.5 Å². The second kappa shape index (κ2) is 7.44. The molecule has 5 nitrogen and oxygen atoms in total. The van der Waals surface area contributed by atoms with Gasteiger partial charge in [0.25, 0.3) is 0 Å². The van der Waals surface area contributed by atoms with Crippen LogP contribution in [0.4, 0.5) is 0 Å². The van der Waals surface area contributed by atoms with Crippen molar-refractivity contribution < 1.29 is 18.7 Å². The second-order valence-corrected chi connectivity index (χ2v) is 6.20. The van der Waals surface area contributed by atoms with Crippen LogP contribution in [0, 0.1) is 13.8 Å². The van der Waals surface area contributed by atoms with E-state index in [-0.39, 0.29) is 6.61 Å². The summed E-state index contributed by atoms with van der Waals surface area (Å²) in [5, 5.41) is 0.761. The third-order valence-corrected chi connectivity index (χ3v) is 4.20. The predicted molar refractivity (Wildman–Crippen MR) is 98.3 cm³/mol. The fraction of sp³-hybridized carbons (Fsp3) is 0.238. The van der Waals surface area contributed by atoms with Gasteiger partial charge in [-0.1, -0.05) is 18.2 Å². The summed E-state index contributed by atoms with van der Waals surface area (Å²) in [7, 11) is 0. The summed E-state index contributed by atoms with van der Waals surface area (Å²) < 4.78 is 16.2. The van der Waals surface area contributed by atoms with Gasteiger partial charge in [0.15, 0.2) is 6.10 Å². The first-order valence-corrected chi connectivity index (χ1v) is 8.36. The Morgan fingerprint density at radius 2 is 1.77 bits per heavy atom. The zero-order valence-corrected chi connectivity index (χ0v) is 14.9. The number of fused-ring (bicyclic) bond motifs is 1. The van der Waals surface area contributed by atoms with Gasteiger partial charge in [-0.05, 0) is 56.2 Å². The molecule has 2 aromatic carbocycles.